The molecule has 1 unspecified atom stereocenters. The summed E-state index contributed by atoms with van der Waals surface area (Å²) < 4.78 is 19.5. The molecule has 0 heterocycles. The van der Waals surface area contributed by atoms with Crippen molar-refractivity contribution in [2.45, 2.75) is 31.6 Å². The van der Waals surface area contributed by atoms with Gasteiger partial charge in [-0.05, 0) is 36.5 Å². The number of hydrogen-bond donors (Lipinski definition) is 1. The zero-order chi connectivity index (χ0) is 10.6. The lowest BCUT2D eigenvalue weighted by Crippen LogP contribution is -1.93. The molecule has 0 saturated carbocycles. The summed E-state index contributed by atoms with van der Waals surface area (Å²) in [6.07, 6.45) is 2.19. The lowest BCUT2D eigenvalue weighted by Gasteiger charge is -2.04. The molecule has 1 rings (SSSR count). The number of benzene rings is 1. The van der Waals surface area contributed by atoms with E-state index in [0.29, 0.717) is 10.8 Å². The normalized spacial score (nSPS) is 13.1. The predicted octanol–water partition coefficient (Wildman–Crippen LogP) is 2.86. The Morgan fingerprint density at radius 3 is 2.29 bits per heavy atom. The van der Waals surface area contributed by atoms with E-state index in [1.165, 1.54) is 5.56 Å². The predicted molar refractivity (Wildman–Crippen MR) is 58.6 cm³/mol. The molecule has 0 bridgehead atoms. The molecule has 3 heteroatoms. The van der Waals surface area contributed by atoms with Crippen LogP contribution in [-0.2, 0) is 17.5 Å². The molecule has 2 nitrogen and oxygen atoms in total. The van der Waals surface area contributed by atoms with Crippen LogP contribution in [0.5, 0.6) is 0 Å². The molecule has 1 atom stereocenters. The van der Waals surface area contributed by atoms with Gasteiger partial charge < -0.3 is 4.55 Å². The van der Waals surface area contributed by atoms with Crippen molar-refractivity contribution in [3.8, 4) is 0 Å². The second kappa shape index (κ2) is 5.27. The zero-order valence-corrected chi connectivity index (χ0v) is 9.38. The molecule has 0 amide bonds. The van der Waals surface area contributed by atoms with Gasteiger partial charge in [-0.3, -0.25) is 0 Å². The van der Waals surface area contributed by atoms with Gasteiger partial charge in [0.2, 0.25) is 0 Å². The van der Waals surface area contributed by atoms with Crippen molar-refractivity contribution in [1.29, 1.82) is 0 Å². The zero-order valence-electron chi connectivity index (χ0n) is 8.56. The summed E-state index contributed by atoms with van der Waals surface area (Å²) >= 11 is -1.85. The van der Waals surface area contributed by atoms with E-state index in [9.17, 15) is 4.21 Å². The molecule has 1 aromatic rings. The first-order valence-electron chi connectivity index (χ1n) is 4.79. The van der Waals surface area contributed by atoms with Crippen molar-refractivity contribution in [3.05, 3.63) is 29.8 Å². The summed E-state index contributed by atoms with van der Waals surface area (Å²) in [6, 6.07) is 7.27. The van der Waals surface area contributed by atoms with Crippen LogP contribution in [0.15, 0.2) is 29.2 Å². The minimum Gasteiger partial charge on any atom is -0.302 e. The number of hydrogen-bond acceptors (Lipinski definition) is 1. The van der Waals surface area contributed by atoms with Gasteiger partial charge >= 0.3 is 0 Å². The van der Waals surface area contributed by atoms with Gasteiger partial charge in [-0.2, -0.15) is 0 Å². The van der Waals surface area contributed by atoms with E-state index in [-0.39, 0.29) is 0 Å². The van der Waals surface area contributed by atoms with Gasteiger partial charge in [0, 0.05) is 0 Å². The molecular formula is C11H16O2S. The SMILES string of the molecule is CC(C)CCc1ccc(S(=O)O)cc1. The largest absolute Gasteiger partial charge is 0.302 e. The Balaban J connectivity index is 2.60. The molecular weight excluding hydrogens is 196 g/mol. The van der Waals surface area contributed by atoms with Gasteiger partial charge in [-0.15, -0.1) is 0 Å². The van der Waals surface area contributed by atoms with Crippen molar-refractivity contribution in [3.63, 3.8) is 0 Å². The van der Waals surface area contributed by atoms with Crippen molar-refractivity contribution in [1.82, 2.24) is 0 Å². The van der Waals surface area contributed by atoms with Crippen LogP contribution in [0.1, 0.15) is 25.8 Å². The standard InChI is InChI=1S/C11H16O2S/c1-9(2)3-4-10-5-7-11(8-6-10)14(12)13/h5-9H,3-4H2,1-2H3,(H,12,13). The molecule has 0 radical (unpaired) electrons. The van der Waals surface area contributed by atoms with Crippen LogP contribution in [0.4, 0.5) is 0 Å². The smallest absolute Gasteiger partial charge is 0.186 e. The highest BCUT2D eigenvalue weighted by Gasteiger charge is 2.00. The molecule has 0 aliphatic carbocycles. The maximum atomic E-state index is 10.7. The number of aryl methyl sites for hydroxylation is 1. The van der Waals surface area contributed by atoms with E-state index < -0.39 is 11.1 Å². The Morgan fingerprint density at radius 1 is 1.29 bits per heavy atom. The fourth-order valence-electron chi connectivity index (χ4n) is 1.23. The Bertz CT molecular complexity index is 304. The van der Waals surface area contributed by atoms with Crippen LogP contribution in [-0.4, -0.2) is 8.76 Å². The third kappa shape index (κ3) is 3.60. The van der Waals surface area contributed by atoms with Crippen LogP contribution in [0, 0.1) is 5.92 Å². The van der Waals surface area contributed by atoms with E-state index in [2.05, 4.69) is 13.8 Å². The Hall–Kier alpha value is -0.670. The van der Waals surface area contributed by atoms with Gasteiger partial charge in [-0.25, -0.2) is 4.21 Å². The van der Waals surface area contributed by atoms with E-state index >= 15 is 0 Å². The van der Waals surface area contributed by atoms with Gasteiger partial charge in [-0.1, -0.05) is 26.0 Å². The second-order valence-corrected chi connectivity index (χ2v) is 4.80. The molecule has 0 aromatic heterocycles. The quantitative estimate of drug-likeness (QED) is 0.779. The fraction of sp³-hybridized carbons (Fsp3) is 0.455. The molecule has 78 valence electrons. The molecule has 0 spiro atoms. The average molecular weight is 212 g/mol. The van der Waals surface area contributed by atoms with Gasteiger partial charge in [0.1, 0.15) is 0 Å². The summed E-state index contributed by atoms with van der Waals surface area (Å²) in [5.41, 5.74) is 1.23. The van der Waals surface area contributed by atoms with Gasteiger partial charge in [0.15, 0.2) is 11.1 Å². The van der Waals surface area contributed by atoms with Crippen LogP contribution in [0.2, 0.25) is 0 Å². The first-order chi connectivity index (χ1) is 6.59. The highest BCUT2D eigenvalue weighted by molar-refractivity contribution is 7.79. The molecule has 0 saturated heterocycles. The summed E-state index contributed by atoms with van der Waals surface area (Å²) in [5.74, 6) is 0.696. The minimum atomic E-state index is -1.85. The first-order valence-corrected chi connectivity index (χ1v) is 5.90. The monoisotopic (exact) mass is 212 g/mol. The molecule has 0 aliphatic heterocycles. The van der Waals surface area contributed by atoms with Crippen LogP contribution < -0.4 is 0 Å². The van der Waals surface area contributed by atoms with E-state index in [4.69, 9.17) is 4.55 Å². The molecule has 0 aliphatic rings. The van der Waals surface area contributed by atoms with E-state index in [0.717, 1.165) is 12.8 Å². The summed E-state index contributed by atoms with van der Waals surface area (Å²) in [4.78, 5) is 0.471. The van der Waals surface area contributed by atoms with Crippen molar-refractivity contribution < 1.29 is 8.76 Å². The lowest BCUT2D eigenvalue weighted by molar-refractivity contribution is 0.564. The summed E-state index contributed by atoms with van der Waals surface area (Å²) in [6.45, 7) is 4.38. The Kier molecular flexibility index (Phi) is 4.29. The van der Waals surface area contributed by atoms with Crippen molar-refractivity contribution >= 4 is 11.1 Å². The summed E-state index contributed by atoms with van der Waals surface area (Å²) in [7, 11) is 0. The van der Waals surface area contributed by atoms with Crippen LogP contribution in [0.3, 0.4) is 0 Å². The molecule has 1 aromatic carbocycles. The molecule has 0 fully saturated rings. The van der Waals surface area contributed by atoms with Crippen molar-refractivity contribution in [2.24, 2.45) is 5.92 Å². The number of rotatable bonds is 4. The second-order valence-electron chi connectivity index (χ2n) is 3.83. The third-order valence-corrected chi connectivity index (χ3v) is 2.81. The third-order valence-electron chi connectivity index (χ3n) is 2.14. The Morgan fingerprint density at radius 2 is 1.86 bits per heavy atom. The van der Waals surface area contributed by atoms with Crippen molar-refractivity contribution in [2.75, 3.05) is 0 Å². The highest BCUT2D eigenvalue weighted by Crippen LogP contribution is 2.11. The Labute approximate surface area is 87.6 Å². The van der Waals surface area contributed by atoms with Crippen LogP contribution >= 0.6 is 0 Å². The highest BCUT2D eigenvalue weighted by atomic mass is 32.2. The maximum absolute atomic E-state index is 10.7. The lowest BCUT2D eigenvalue weighted by atomic mass is 10.0. The molecule has 14 heavy (non-hydrogen) atoms. The van der Waals surface area contributed by atoms with Gasteiger partial charge in [0.25, 0.3) is 0 Å². The van der Waals surface area contributed by atoms with E-state index in [1.54, 1.807) is 12.1 Å². The minimum absolute atomic E-state index is 0.471. The van der Waals surface area contributed by atoms with E-state index in [1.807, 2.05) is 12.1 Å². The summed E-state index contributed by atoms with van der Waals surface area (Å²) in [5, 5.41) is 0. The molecule has 1 N–H and O–H groups in total. The maximum Gasteiger partial charge on any atom is 0.186 e. The average Bonchev–Trinajstić information content (AvgIpc) is 2.15. The fourth-order valence-corrected chi connectivity index (χ4v) is 1.60. The van der Waals surface area contributed by atoms with Crippen LogP contribution in [0.25, 0.3) is 0 Å². The topological polar surface area (TPSA) is 37.3 Å². The van der Waals surface area contributed by atoms with Gasteiger partial charge in [0.05, 0.1) is 4.90 Å². The first kappa shape index (κ1) is 11.4.